The van der Waals surface area contributed by atoms with E-state index in [2.05, 4.69) is 11.0 Å². The number of nitrogens with zero attached hydrogens (tertiary/aromatic N) is 2. The number of Topliss-reactive ketones (excluding diaryl/α,β-unsaturated/α-hetero) is 1. The largest absolute Gasteiger partial charge is 0.296 e. The Bertz CT molecular complexity index is 459. The van der Waals surface area contributed by atoms with E-state index in [0.29, 0.717) is 6.54 Å². The van der Waals surface area contributed by atoms with Crippen molar-refractivity contribution in [2.45, 2.75) is 25.9 Å². The summed E-state index contributed by atoms with van der Waals surface area (Å²) < 4.78 is 0. The zero-order chi connectivity index (χ0) is 12.5. The number of benzene rings is 1. The number of carbonyl (C=O) groups excluding carboxylic acids is 1. The van der Waals surface area contributed by atoms with Crippen molar-refractivity contribution >= 4 is 5.78 Å². The molecule has 1 aliphatic rings. The van der Waals surface area contributed by atoms with Crippen molar-refractivity contribution in [2.75, 3.05) is 6.54 Å². The van der Waals surface area contributed by atoms with Crippen molar-refractivity contribution in [1.29, 1.82) is 5.26 Å². The van der Waals surface area contributed by atoms with Crippen LogP contribution in [0.3, 0.4) is 0 Å². The van der Waals surface area contributed by atoms with Crippen LogP contribution in [0, 0.1) is 17.2 Å². The van der Waals surface area contributed by atoms with Gasteiger partial charge in [0.2, 0.25) is 0 Å². The number of rotatable bonds is 2. The maximum Gasteiger partial charge on any atom is 0.170 e. The van der Waals surface area contributed by atoms with E-state index >= 15 is 0 Å². The fourth-order valence-corrected chi connectivity index (χ4v) is 2.28. The van der Waals surface area contributed by atoms with E-state index in [1.54, 1.807) is 0 Å². The Hall–Kier alpha value is -1.66. The van der Waals surface area contributed by atoms with Gasteiger partial charge in [-0.25, -0.2) is 0 Å². The van der Waals surface area contributed by atoms with Crippen molar-refractivity contribution < 1.29 is 4.79 Å². The number of hydrogen-bond acceptors (Lipinski definition) is 3. The molecule has 0 bridgehead atoms. The fourth-order valence-electron chi connectivity index (χ4n) is 2.28. The summed E-state index contributed by atoms with van der Waals surface area (Å²) >= 11 is 0. The van der Waals surface area contributed by atoms with E-state index in [1.807, 2.05) is 44.2 Å². The number of nitriles is 1. The molecule has 88 valence electrons. The van der Waals surface area contributed by atoms with E-state index in [-0.39, 0.29) is 5.78 Å². The minimum Gasteiger partial charge on any atom is -0.296 e. The van der Waals surface area contributed by atoms with Gasteiger partial charge in [-0.3, -0.25) is 9.69 Å². The molecule has 1 saturated heterocycles. The van der Waals surface area contributed by atoms with Gasteiger partial charge >= 0.3 is 0 Å². The predicted octanol–water partition coefficient (Wildman–Crippen LogP) is 1.99. The van der Waals surface area contributed by atoms with Crippen LogP contribution in [-0.2, 0) is 11.3 Å². The molecule has 0 aromatic heterocycles. The zero-order valence-corrected chi connectivity index (χ0v) is 10.2. The first kappa shape index (κ1) is 11.8. The van der Waals surface area contributed by atoms with Gasteiger partial charge in [0.1, 0.15) is 5.92 Å². The third-order valence-electron chi connectivity index (χ3n) is 3.49. The van der Waals surface area contributed by atoms with E-state index in [0.717, 1.165) is 6.54 Å². The molecule has 1 heterocycles. The van der Waals surface area contributed by atoms with Gasteiger partial charge in [0, 0.05) is 13.1 Å². The maximum atomic E-state index is 12.0. The van der Waals surface area contributed by atoms with Crippen LogP contribution < -0.4 is 0 Å². The summed E-state index contributed by atoms with van der Waals surface area (Å²) in [6.45, 7) is 5.06. The second-order valence-electron chi connectivity index (χ2n) is 4.97. The maximum absolute atomic E-state index is 12.0. The third-order valence-corrected chi connectivity index (χ3v) is 3.49. The molecule has 0 amide bonds. The molecule has 1 fully saturated rings. The van der Waals surface area contributed by atoms with Crippen LogP contribution in [0.15, 0.2) is 30.3 Å². The Balaban J connectivity index is 2.18. The van der Waals surface area contributed by atoms with Crippen LogP contribution in [0.2, 0.25) is 0 Å². The highest BCUT2D eigenvalue weighted by Crippen LogP contribution is 2.30. The molecule has 3 heteroatoms. The van der Waals surface area contributed by atoms with Crippen LogP contribution in [-0.4, -0.2) is 22.8 Å². The van der Waals surface area contributed by atoms with E-state index in [4.69, 9.17) is 5.26 Å². The number of ketones is 1. The van der Waals surface area contributed by atoms with Gasteiger partial charge in [0.05, 0.1) is 11.6 Å². The average molecular weight is 228 g/mol. The second kappa shape index (κ2) is 4.31. The minimum atomic E-state index is -0.532. The lowest BCUT2D eigenvalue weighted by molar-refractivity contribution is -0.125. The van der Waals surface area contributed by atoms with Gasteiger partial charge in [-0.1, -0.05) is 30.3 Å². The standard InChI is InChI=1S/C14H16N2O/c1-14(2)13(17)12(8-15)10-16(14)9-11-6-4-3-5-7-11/h3-7,12H,9-10H2,1-2H3. The average Bonchev–Trinajstić information content (AvgIpc) is 2.54. The number of carbonyl (C=O) groups is 1. The molecule has 0 radical (unpaired) electrons. The molecule has 0 saturated carbocycles. The van der Waals surface area contributed by atoms with Crippen molar-refractivity contribution in [2.24, 2.45) is 5.92 Å². The van der Waals surface area contributed by atoms with Gasteiger partial charge in [0.25, 0.3) is 0 Å². The molecular formula is C14H16N2O. The smallest absolute Gasteiger partial charge is 0.170 e. The normalized spacial score (nSPS) is 23.6. The molecule has 1 aromatic carbocycles. The SMILES string of the molecule is CC1(C)C(=O)C(C#N)CN1Cc1ccccc1. The highest BCUT2D eigenvalue weighted by Gasteiger charge is 2.46. The van der Waals surface area contributed by atoms with Crippen LogP contribution in [0.1, 0.15) is 19.4 Å². The quantitative estimate of drug-likeness (QED) is 0.777. The lowest BCUT2D eigenvalue weighted by Crippen LogP contribution is -2.42. The Morgan fingerprint density at radius 1 is 1.41 bits per heavy atom. The monoisotopic (exact) mass is 228 g/mol. The summed E-state index contributed by atoms with van der Waals surface area (Å²) in [4.78, 5) is 14.1. The summed E-state index contributed by atoms with van der Waals surface area (Å²) in [6.07, 6.45) is 0. The van der Waals surface area contributed by atoms with E-state index in [9.17, 15) is 4.79 Å². The summed E-state index contributed by atoms with van der Waals surface area (Å²) in [5, 5.41) is 8.96. The summed E-state index contributed by atoms with van der Waals surface area (Å²) in [5.41, 5.74) is 0.642. The third kappa shape index (κ3) is 2.09. The molecule has 1 atom stereocenters. The molecule has 0 N–H and O–H groups in total. The van der Waals surface area contributed by atoms with Crippen LogP contribution in [0.4, 0.5) is 0 Å². The lowest BCUT2D eigenvalue weighted by atomic mass is 9.95. The van der Waals surface area contributed by atoms with Crippen molar-refractivity contribution in [1.82, 2.24) is 4.90 Å². The fraction of sp³-hybridized carbons (Fsp3) is 0.429. The van der Waals surface area contributed by atoms with E-state index in [1.165, 1.54) is 5.56 Å². The highest BCUT2D eigenvalue weighted by molar-refractivity contribution is 5.93. The summed E-state index contributed by atoms with van der Waals surface area (Å²) in [7, 11) is 0. The van der Waals surface area contributed by atoms with Crippen molar-refractivity contribution in [3.63, 3.8) is 0 Å². The molecule has 1 aliphatic heterocycles. The van der Waals surface area contributed by atoms with Gasteiger partial charge in [0.15, 0.2) is 5.78 Å². The first-order chi connectivity index (χ1) is 8.05. The molecule has 0 spiro atoms. The second-order valence-corrected chi connectivity index (χ2v) is 4.97. The van der Waals surface area contributed by atoms with E-state index < -0.39 is 11.5 Å². The predicted molar refractivity (Wildman–Crippen MR) is 65.0 cm³/mol. The van der Waals surface area contributed by atoms with Gasteiger partial charge in [-0.2, -0.15) is 5.26 Å². The Labute approximate surface area is 102 Å². The number of hydrogen-bond donors (Lipinski definition) is 0. The van der Waals surface area contributed by atoms with Crippen LogP contribution >= 0.6 is 0 Å². The molecule has 1 unspecified atom stereocenters. The molecule has 1 aromatic rings. The summed E-state index contributed by atoms with van der Waals surface area (Å²) in [5.74, 6) is -0.440. The summed E-state index contributed by atoms with van der Waals surface area (Å²) in [6, 6.07) is 12.1. The molecule has 0 aliphatic carbocycles. The van der Waals surface area contributed by atoms with Crippen molar-refractivity contribution in [3.05, 3.63) is 35.9 Å². The molecule has 3 nitrogen and oxygen atoms in total. The molecule has 17 heavy (non-hydrogen) atoms. The van der Waals surface area contributed by atoms with Crippen molar-refractivity contribution in [3.8, 4) is 6.07 Å². The first-order valence-electron chi connectivity index (χ1n) is 5.78. The topological polar surface area (TPSA) is 44.1 Å². The molecular weight excluding hydrogens is 212 g/mol. The number of likely N-dealkylation sites (tertiary alicyclic amines) is 1. The van der Waals surface area contributed by atoms with Gasteiger partial charge < -0.3 is 0 Å². The Kier molecular flexibility index (Phi) is 2.99. The minimum absolute atomic E-state index is 0.0379. The Morgan fingerprint density at radius 3 is 2.59 bits per heavy atom. The first-order valence-corrected chi connectivity index (χ1v) is 5.78. The van der Waals surface area contributed by atoms with Gasteiger partial charge in [-0.15, -0.1) is 0 Å². The zero-order valence-electron chi connectivity index (χ0n) is 10.2. The van der Waals surface area contributed by atoms with Gasteiger partial charge in [-0.05, 0) is 19.4 Å². The highest BCUT2D eigenvalue weighted by atomic mass is 16.1. The lowest BCUT2D eigenvalue weighted by Gasteiger charge is -2.29. The Morgan fingerprint density at radius 2 is 2.06 bits per heavy atom. The van der Waals surface area contributed by atoms with Crippen LogP contribution in [0.5, 0.6) is 0 Å². The molecule has 2 rings (SSSR count). The van der Waals surface area contributed by atoms with Crippen LogP contribution in [0.25, 0.3) is 0 Å².